The van der Waals surface area contributed by atoms with Crippen molar-refractivity contribution < 1.29 is 18.3 Å². The number of methoxy groups -OCH3 is 1. The Hall–Kier alpha value is -3.30. The van der Waals surface area contributed by atoms with E-state index in [4.69, 9.17) is 4.74 Å². The molecule has 9 heteroatoms. The number of rotatable bonds is 7. The number of amides is 2. The molecule has 2 atom stereocenters. The van der Waals surface area contributed by atoms with E-state index in [1.165, 1.54) is 12.1 Å². The van der Waals surface area contributed by atoms with Crippen molar-refractivity contribution in [2.24, 2.45) is 7.05 Å². The Morgan fingerprint density at radius 1 is 1.15 bits per heavy atom. The van der Waals surface area contributed by atoms with Crippen molar-refractivity contribution in [1.82, 2.24) is 20.0 Å². The van der Waals surface area contributed by atoms with Crippen LogP contribution < -0.4 is 10.6 Å². The summed E-state index contributed by atoms with van der Waals surface area (Å²) in [4.78, 5) is 15.2. The van der Waals surface area contributed by atoms with Crippen molar-refractivity contribution in [3.05, 3.63) is 71.4 Å². The zero-order chi connectivity index (χ0) is 24.2. The number of likely N-dealkylation sites (tertiary alicyclic amines) is 1. The number of carbonyl (C=O) groups is 1. The van der Waals surface area contributed by atoms with E-state index < -0.39 is 17.7 Å². The maximum atomic E-state index is 13.9. The fraction of sp³-hybridized carbons (Fsp3) is 0.360. The van der Waals surface area contributed by atoms with E-state index in [9.17, 15) is 13.6 Å². The van der Waals surface area contributed by atoms with E-state index in [1.807, 2.05) is 44.3 Å². The van der Waals surface area contributed by atoms with Crippen molar-refractivity contribution in [1.29, 1.82) is 0 Å². The van der Waals surface area contributed by atoms with Crippen molar-refractivity contribution in [3.8, 4) is 11.3 Å². The third-order valence-corrected chi connectivity index (χ3v) is 6.26. The molecule has 1 saturated heterocycles. The highest BCUT2D eigenvalue weighted by atomic mass is 19.1. The predicted molar refractivity (Wildman–Crippen MR) is 127 cm³/mol. The van der Waals surface area contributed by atoms with Gasteiger partial charge in [0.15, 0.2) is 0 Å². The molecule has 2 heterocycles. The predicted octanol–water partition coefficient (Wildman–Crippen LogP) is 3.91. The average Bonchev–Trinajstić information content (AvgIpc) is 3.33. The zero-order valence-electron chi connectivity index (χ0n) is 19.5. The van der Waals surface area contributed by atoms with Crippen molar-refractivity contribution in [2.75, 3.05) is 38.7 Å². The first-order valence-electron chi connectivity index (χ1n) is 11.2. The summed E-state index contributed by atoms with van der Waals surface area (Å²) in [7, 11) is 3.45. The van der Waals surface area contributed by atoms with Crippen LogP contribution in [0.25, 0.3) is 11.3 Å². The van der Waals surface area contributed by atoms with Gasteiger partial charge in [-0.05, 0) is 24.6 Å². The topological polar surface area (TPSA) is 71.4 Å². The molecule has 7 nitrogen and oxygen atoms in total. The van der Waals surface area contributed by atoms with Gasteiger partial charge in [-0.25, -0.2) is 13.6 Å². The smallest absolute Gasteiger partial charge is 0.319 e. The normalized spacial score (nSPS) is 18.3. The maximum absolute atomic E-state index is 13.9. The van der Waals surface area contributed by atoms with Crippen molar-refractivity contribution in [2.45, 2.75) is 18.9 Å². The van der Waals surface area contributed by atoms with E-state index in [0.717, 1.165) is 17.3 Å². The Bertz CT molecular complexity index is 1130. The second-order valence-electron chi connectivity index (χ2n) is 8.57. The third-order valence-electron chi connectivity index (χ3n) is 6.26. The number of nitrogens with one attached hydrogen (secondary N) is 2. The minimum absolute atomic E-state index is 0.267. The highest BCUT2D eigenvalue weighted by molar-refractivity contribution is 5.94. The van der Waals surface area contributed by atoms with Crippen LogP contribution in [0.4, 0.5) is 19.3 Å². The number of ether oxygens (including phenoxy) is 1. The zero-order valence-corrected chi connectivity index (χ0v) is 19.5. The molecule has 2 unspecified atom stereocenters. The minimum atomic E-state index is -0.632. The molecule has 0 bridgehead atoms. The van der Waals surface area contributed by atoms with Crippen LogP contribution in [0.3, 0.4) is 0 Å². The lowest BCUT2D eigenvalue weighted by Gasteiger charge is -2.21. The quantitative estimate of drug-likeness (QED) is 0.551. The van der Waals surface area contributed by atoms with Crippen LogP contribution in [0.2, 0.25) is 0 Å². The molecule has 2 N–H and O–H groups in total. The van der Waals surface area contributed by atoms with E-state index in [1.54, 1.807) is 11.8 Å². The Morgan fingerprint density at radius 3 is 2.53 bits per heavy atom. The maximum Gasteiger partial charge on any atom is 0.319 e. The van der Waals surface area contributed by atoms with E-state index in [2.05, 4.69) is 20.6 Å². The number of nitrogens with zero attached hydrogens (tertiary/aromatic N) is 3. The van der Waals surface area contributed by atoms with E-state index >= 15 is 0 Å². The third kappa shape index (κ3) is 5.26. The number of urea groups is 1. The molecule has 2 amide bonds. The lowest BCUT2D eigenvalue weighted by atomic mass is 9.94. The highest BCUT2D eigenvalue weighted by Gasteiger charge is 2.35. The fourth-order valence-corrected chi connectivity index (χ4v) is 4.44. The number of aromatic nitrogens is 2. The summed E-state index contributed by atoms with van der Waals surface area (Å²) in [6, 6.07) is 12.4. The van der Waals surface area contributed by atoms with Gasteiger partial charge in [-0.2, -0.15) is 5.10 Å². The molecular formula is C25H29F2N5O2. The summed E-state index contributed by atoms with van der Waals surface area (Å²) >= 11 is 0. The Kier molecular flexibility index (Phi) is 7.23. The number of aryl methyl sites for hydroxylation is 1. The number of benzene rings is 2. The second-order valence-corrected chi connectivity index (χ2v) is 8.57. The molecule has 0 spiro atoms. The van der Waals surface area contributed by atoms with Crippen LogP contribution in [0.5, 0.6) is 0 Å². The molecule has 0 aliphatic carbocycles. The summed E-state index contributed by atoms with van der Waals surface area (Å²) in [6.45, 7) is 4.16. The monoisotopic (exact) mass is 469 g/mol. The van der Waals surface area contributed by atoms with Gasteiger partial charge in [-0.1, -0.05) is 30.3 Å². The lowest BCUT2D eigenvalue weighted by Crippen LogP contribution is -2.42. The number of halogens is 2. The van der Waals surface area contributed by atoms with Crippen LogP contribution in [-0.2, 0) is 11.8 Å². The van der Waals surface area contributed by atoms with E-state index in [0.29, 0.717) is 43.2 Å². The van der Waals surface area contributed by atoms with Crippen LogP contribution in [0.15, 0.2) is 48.5 Å². The molecule has 4 rings (SSSR count). The van der Waals surface area contributed by atoms with Gasteiger partial charge in [-0.3, -0.25) is 9.58 Å². The molecule has 0 saturated carbocycles. The summed E-state index contributed by atoms with van der Waals surface area (Å²) in [5.74, 6) is -1.53. The number of anilines is 1. The molecule has 1 fully saturated rings. The first-order chi connectivity index (χ1) is 16.4. The standard InChI is InChI=1S/C25H29F2N5O2/c1-16-23(24(30-31(16)2)17-7-5-4-6-8-17)29-25(33)28-22-15-32(9-10-34-3)14-21(22)18-11-19(26)13-20(27)12-18/h4-8,11-13,21-22H,9-10,14-15H2,1-3H3,(H2,28,29,33). The van der Waals surface area contributed by atoms with Gasteiger partial charge >= 0.3 is 6.03 Å². The largest absolute Gasteiger partial charge is 0.383 e. The van der Waals surface area contributed by atoms with E-state index in [-0.39, 0.29) is 12.0 Å². The molecule has 2 aromatic carbocycles. The van der Waals surface area contributed by atoms with Gasteiger partial charge in [-0.15, -0.1) is 0 Å². The molecule has 3 aromatic rings. The first kappa shape index (κ1) is 23.8. The second kappa shape index (κ2) is 10.3. The molecule has 180 valence electrons. The molecule has 0 radical (unpaired) electrons. The fourth-order valence-electron chi connectivity index (χ4n) is 4.44. The van der Waals surface area contributed by atoms with Crippen LogP contribution >= 0.6 is 0 Å². The number of hydrogen-bond donors (Lipinski definition) is 2. The van der Waals surface area contributed by atoms with Crippen LogP contribution in [-0.4, -0.2) is 60.1 Å². The molecule has 1 aromatic heterocycles. The lowest BCUT2D eigenvalue weighted by molar-refractivity contribution is 0.159. The molecule has 1 aliphatic heterocycles. The Balaban J connectivity index is 1.55. The molecular weight excluding hydrogens is 440 g/mol. The summed E-state index contributed by atoms with van der Waals surface area (Å²) in [5.41, 5.74) is 3.51. The Morgan fingerprint density at radius 2 is 1.85 bits per heavy atom. The molecule has 1 aliphatic rings. The average molecular weight is 470 g/mol. The van der Waals surface area contributed by atoms with Crippen molar-refractivity contribution in [3.63, 3.8) is 0 Å². The number of hydrogen-bond acceptors (Lipinski definition) is 4. The van der Waals surface area contributed by atoms with Gasteiger partial charge in [0.05, 0.1) is 24.0 Å². The summed E-state index contributed by atoms with van der Waals surface area (Å²) in [6.07, 6.45) is 0. The minimum Gasteiger partial charge on any atom is -0.383 e. The highest BCUT2D eigenvalue weighted by Crippen LogP contribution is 2.31. The van der Waals surface area contributed by atoms with Gasteiger partial charge in [0.25, 0.3) is 0 Å². The molecule has 34 heavy (non-hydrogen) atoms. The van der Waals surface area contributed by atoms with Gasteiger partial charge in [0, 0.05) is 51.3 Å². The number of carbonyl (C=O) groups excluding carboxylic acids is 1. The SMILES string of the molecule is COCCN1CC(NC(=O)Nc2c(-c3ccccc3)nn(C)c2C)C(c2cc(F)cc(F)c2)C1. The Labute approximate surface area is 197 Å². The van der Waals surface area contributed by atoms with Gasteiger partial charge in [0.1, 0.15) is 17.3 Å². The first-order valence-corrected chi connectivity index (χ1v) is 11.2. The van der Waals surface area contributed by atoms with Crippen molar-refractivity contribution >= 4 is 11.7 Å². The van der Waals surface area contributed by atoms with Crippen LogP contribution in [0, 0.1) is 18.6 Å². The van der Waals surface area contributed by atoms with Crippen LogP contribution in [0.1, 0.15) is 17.2 Å². The summed E-state index contributed by atoms with van der Waals surface area (Å²) < 4.78 is 34.8. The van der Waals surface area contributed by atoms with Gasteiger partial charge in [0.2, 0.25) is 0 Å². The van der Waals surface area contributed by atoms with Gasteiger partial charge < -0.3 is 15.4 Å². The summed E-state index contributed by atoms with van der Waals surface area (Å²) in [5, 5.41) is 10.5.